The van der Waals surface area contributed by atoms with E-state index in [1.807, 2.05) is 61.1 Å². The molecule has 0 unspecified atom stereocenters. The Kier molecular flexibility index (Phi) is 16.2. The van der Waals surface area contributed by atoms with Crippen molar-refractivity contribution in [2.24, 2.45) is 7.05 Å². The highest BCUT2D eigenvalue weighted by Gasteiger charge is 2.18. The largest absolute Gasteiger partial charge is 1.00 e. The van der Waals surface area contributed by atoms with Gasteiger partial charge in [-0.3, -0.25) is 4.79 Å². The number of nitrogens with one attached hydrogen (secondary N) is 1. The summed E-state index contributed by atoms with van der Waals surface area (Å²) in [6.07, 6.45) is 17.9. The summed E-state index contributed by atoms with van der Waals surface area (Å²) >= 11 is 8.12. The molecule has 2 aromatic carbocycles. The van der Waals surface area contributed by atoms with Crippen LogP contribution < -0.4 is 27.0 Å². The van der Waals surface area contributed by atoms with E-state index >= 15 is 0 Å². The molecule has 0 spiro atoms. The molecule has 3 rings (SSSR count). The molecule has 0 radical (unpaired) electrons. The molecule has 0 aliphatic carbocycles. The van der Waals surface area contributed by atoms with Crippen LogP contribution in [0.4, 0.5) is 5.69 Å². The number of carbonyl (C=O) groups excluding carboxylic acids is 1. The van der Waals surface area contributed by atoms with Crippen molar-refractivity contribution in [3.05, 3.63) is 64.6 Å². The summed E-state index contributed by atoms with van der Waals surface area (Å²) in [4.78, 5) is 13.0. The number of rotatable bonds is 18. The average molecular weight is 592 g/mol. The zero-order valence-corrected chi connectivity index (χ0v) is 25.9. The van der Waals surface area contributed by atoms with Crippen molar-refractivity contribution in [3.8, 4) is 16.3 Å². The molecule has 214 valence electrons. The predicted molar refractivity (Wildman–Crippen MR) is 161 cm³/mol. The van der Waals surface area contributed by atoms with Gasteiger partial charge < -0.3 is 22.5 Å². The number of amides is 1. The summed E-state index contributed by atoms with van der Waals surface area (Å²) in [6.45, 7) is 2.89. The van der Waals surface area contributed by atoms with Crippen molar-refractivity contribution in [1.82, 2.24) is 0 Å². The smallest absolute Gasteiger partial charge is 0.270 e. The Morgan fingerprint density at radius 3 is 2.18 bits per heavy atom. The fourth-order valence-electron chi connectivity index (χ4n) is 4.71. The Bertz CT molecular complexity index is 1120. The van der Waals surface area contributed by atoms with Crippen LogP contribution in [0.2, 0.25) is 5.02 Å². The number of hydrogen-bond donors (Lipinski definition) is 1. The van der Waals surface area contributed by atoms with E-state index in [1.165, 1.54) is 64.2 Å². The number of anilines is 1. The van der Waals surface area contributed by atoms with E-state index in [1.54, 1.807) is 11.3 Å². The van der Waals surface area contributed by atoms with Crippen LogP contribution in [0, 0.1) is 0 Å². The first-order valence-electron chi connectivity index (χ1n) is 14.3. The molecular weight excluding hydrogens is 547 g/mol. The first-order valence-corrected chi connectivity index (χ1v) is 15.6. The van der Waals surface area contributed by atoms with Gasteiger partial charge in [-0.2, -0.15) is 4.57 Å². The number of aryl methyl sites for hydroxylation is 1. The maximum atomic E-state index is 13.0. The van der Waals surface area contributed by atoms with E-state index in [2.05, 4.69) is 16.8 Å². The number of carbonyl (C=O) groups is 1. The lowest BCUT2D eigenvalue weighted by molar-refractivity contribution is -0.655. The fraction of sp³-hybridized carbons (Fsp3) is 0.500. The van der Waals surface area contributed by atoms with E-state index < -0.39 is 0 Å². The van der Waals surface area contributed by atoms with Gasteiger partial charge in [0.25, 0.3) is 5.01 Å². The molecular formula is C32H44Cl2N2O2S. The van der Waals surface area contributed by atoms with Gasteiger partial charge in [-0.15, -0.1) is 0 Å². The molecule has 3 aromatic rings. The van der Waals surface area contributed by atoms with Crippen LogP contribution in [0.25, 0.3) is 10.6 Å². The first-order chi connectivity index (χ1) is 18.6. The zero-order chi connectivity index (χ0) is 27.0. The second kappa shape index (κ2) is 19.1. The molecule has 7 heteroatoms. The van der Waals surface area contributed by atoms with E-state index in [-0.39, 0.29) is 24.7 Å². The highest BCUT2D eigenvalue weighted by Crippen LogP contribution is 2.31. The minimum atomic E-state index is -0.0888. The molecule has 0 aliphatic rings. The van der Waals surface area contributed by atoms with Crippen molar-refractivity contribution < 1.29 is 26.5 Å². The number of ether oxygens (including phenoxy) is 1. The van der Waals surface area contributed by atoms with Crippen LogP contribution in [0.5, 0.6) is 5.75 Å². The molecule has 1 heterocycles. The minimum absolute atomic E-state index is 0. The van der Waals surface area contributed by atoms with E-state index in [9.17, 15) is 4.79 Å². The Hall–Kier alpha value is -2.08. The van der Waals surface area contributed by atoms with Gasteiger partial charge in [0.1, 0.15) is 12.8 Å². The van der Waals surface area contributed by atoms with Crippen LogP contribution in [-0.2, 0) is 18.3 Å². The van der Waals surface area contributed by atoms with Crippen LogP contribution in [0.3, 0.4) is 0 Å². The van der Waals surface area contributed by atoms with E-state index in [0.29, 0.717) is 17.4 Å². The van der Waals surface area contributed by atoms with E-state index in [4.69, 9.17) is 16.3 Å². The number of thiazole rings is 1. The van der Waals surface area contributed by atoms with Crippen molar-refractivity contribution in [1.29, 1.82) is 0 Å². The van der Waals surface area contributed by atoms with Crippen LogP contribution >= 0.6 is 22.9 Å². The third-order valence-electron chi connectivity index (χ3n) is 6.86. The number of benzene rings is 2. The summed E-state index contributed by atoms with van der Waals surface area (Å²) < 4.78 is 8.16. The molecule has 0 aliphatic heterocycles. The number of unbranched alkanes of at least 4 members (excludes halogenated alkanes) is 11. The summed E-state index contributed by atoms with van der Waals surface area (Å²) in [6, 6.07) is 13.5. The third kappa shape index (κ3) is 11.5. The maximum Gasteiger partial charge on any atom is 0.270 e. The zero-order valence-electron chi connectivity index (χ0n) is 23.5. The standard InChI is InChI=1S/C32H43ClN2O2S.ClH/c1-3-4-5-6-7-8-9-10-11-12-13-16-23-37-31-26(18-17-20-28(31)33)25-30(36)34-29-21-15-14-19-27(29)32-35(2)22-24-38-32;/h14-15,17-22,24H,3-13,16,23,25H2,1-2H3;1H. The number of hydrogen-bond acceptors (Lipinski definition) is 3. The van der Waals surface area contributed by atoms with E-state index in [0.717, 1.165) is 34.7 Å². The van der Waals surface area contributed by atoms with Gasteiger partial charge in [-0.25, -0.2) is 0 Å². The molecule has 0 fully saturated rings. The Labute approximate surface area is 250 Å². The number of halogens is 2. The van der Waals surface area contributed by atoms with Crippen molar-refractivity contribution in [3.63, 3.8) is 0 Å². The Balaban J connectivity index is 0.00000533. The highest BCUT2D eigenvalue weighted by molar-refractivity contribution is 7.12. The highest BCUT2D eigenvalue weighted by atomic mass is 35.5. The van der Waals surface area contributed by atoms with Gasteiger partial charge in [-0.05, 0) is 24.6 Å². The molecule has 0 saturated carbocycles. The monoisotopic (exact) mass is 590 g/mol. The molecule has 1 aromatic heterocycles. The maximum absolute atomic E-state index is 13.0. The first kappa shape index (κ1) is 33.1. The predicted octanol–water partition coefficient (Wildman–Crippen LogP) is 6.16. The van der Waals surface area contributed by atoms with Gasteiger partial charge >= 0.3 is 0 Å². The average Bonchev–Trinajstić information content (AvgIpc) is 3.34. The second-order valence-corrected chi connectivity index (χ2v) is 11.4. The molecule has 0 atom stereocenters. The summed E-state index contributed by atoms with van der Waals surface area (Å²) in [5.74, 6) is 0.541. The molecule has 0 saturated heterocycles. The van der Waals surface area contributed by atoms with Gasteiger partial charge in [0.05, 0.1) is 34.7 Å². The number of para-hydroxylation sites is 2. The Morgan fingerprint density at radius 2 is 1.54 bits per heavy atom. The lowest BCUT2D eigenvalue weighted by Crippen LogP contribution is -3.00. The van der Waals surface area contributed by atoms with Crippen LogP contribution in [0.1, 0.15) is 89.5 Å². The lowest BCUT2D eigenvalue weighted by atomic mass is 10.1. The van der Waals surface area contributed by atoms with Crippen LogP contribution in [-0.4, -0.2) is 12.5 Å². The molecule has 0 bridgehead atoms. The molecule has 1 N–H and O–H groups in total. The summed E-state index contributed by atoms with van der Waals surface area (Å²) in [5.41, 5.74) is 2.62. The lowest BCUT2D eigenvalue weighted by Gasteiger charge is -2.14. The fourth-order valence-corrected chi connectivity index (χ4v) is 5.86. The SMILES string of the molecule is CCCCCCCCCCCCCCOc1c(Cl)cccc1CC(=O)Nc1ccccc1-c1scc[n+]1C.[Cl-]. The topological polar surface area (TPSA) is 42.2 Å². The van der Waals surface area contributed by atoms with Gasteiger partial charge in [0.2, 0.25) is 5.91 Å². The Morgan fingerprint density at radius 1 is 0.897 bits per heavy atom. The molecule has 4 nitrogen and oxygen atoms in total. The van der Waals surface area contributed by atoms with Crippen molar-refractivity contribution in [2.45, 2.75) is 90.4 Å². The summed E-state index contributed by atoms with van der Waals surface area (Å²) in [5, 5.41) is 6.78. The van der Waals surface area contributed by atoms with Crippen molar-refractivity contribution in [2.75, 3.05) is 11.9 Å². The molecule has 39 heavy (non-hydrogen) atoms. The molecule has 1 amide bonds. The van der Waals surface area contributed by atoms with Gasteiger partial charge in [-0.1, -0.05) is 125 Å². The van der Waals surface area contributed by atoms with Gasteiger partial charge in [0, 0.05) is 5.56 Å². The normalized spacial score (nSPS) is 10.7. The number of aromatic nitrogens is 1. The number of nitrogens with zero attached hydrogens (tertiary/aromatic N) is 1. The minimum Gasteiger partial charge on any atom is -1.00 e. The van der Waals surface area contributed by atoms with Crippen molar-refractivity contribution >= 4 is 34.5 Å². The van der Waals surface area contributed by atoms with Crippen LogP contribution in [0.15, 0.2) is 54.0 Å². The third-order valence-corrected chi connectivity index (χ3v) is 8.15. The van der Waals surface area contributed by atoms with Gasteiger partial charge in [0.15, 0.2) is 6.20 Å². The summed E-state index contributed by atoms with van der Waals surface area (Å²) in [7, 11) is 2.01. The quantitative estimate of drug-likeness (QED) is 0.142. The second-order valence-electron chi connectivity index (χ2n) is 10.1.